The van der Waals surface area contributed by atoms with Crippen LogP contribution >= 0.6 is 23.2 Å². The molecule has 2 aromatic heterocycles. The van der Waals surface area contributed by atoms with Gasteiger partial charge in [0.2, 0.25) is 0 Å². The molecule has 1 atom stereocenters. The fourth-order valence-corrected chi connectivity index (χ4v) is 4.70. The molecule has 0 fully saturated rings. The normalized spacial score (nSPS) is 19.6. The van der Waals surface area contributed by atoms with Gasteiger partial charge in [-0.2, -0.15) is 0 Å². The number of imidazole rings is 1. The number of fused-ring (bicyclic) bond motifs is 2. The molecule has 2 aliphatic rings. The molecule has 3 heterocycles. The minimum absolute atomic E-state index is 0.526. The number of nitrogens with zero attached hydrogens (tertiary/aromatic N) is 3. The van der Waals surface area contributed by atoms with Crippen molar-refractivity contribution in [3.8, 4) is 11.4 Å². The van der Waals surface area contributed by atoms with Crippen LogP contribution in [0.1, 0.15) is 29.1 Å². The highest BCUT2D eigenvalue weighted by Gasteiger charge is 2.29. The van der Waals surface area contributed by atoms with Crippen LogP contribution in [0.4, 0.5) is 0 Å². The molecule has 1 unspecified atom stereocenters. The van der Waals surface area contributed by atoms with Gasteiger partial charge in [0.05, 0.1) is 21.4 Å². The number of pyridine rings is 1. The topological polar surface area (TPSA) is 44.8 Å². The second-order valence-electron chi connectivity index (χ2n) is 7.37. The average Bonchev–Trinajstić information content (AvgIpc) is 3.10. The monoisotopic (exact) mass is 398 g/mol. The van der Waals surface area contributed by atoms with Crippen LogP contribution in [0.25, 0.3) is 11.4 Å². The Hall–Kier alpha value is -1.88. The summed E-state index contributed by atoms with van der Waals surface area (Å²) < 4.78 is 0. The number of benzene rings is 1. The van der Waals surface area contributed by atoms with E-state index < -0.39 is 0 Å². The second-order valence-corrected chi connectivity index (χ2v) is 8.21. The van der Waals surface area contributed by atoms with Crippen molar-refractivity contribution < 1.29 is 0 Å². The van der Waals surface area contributed by atoms with E-state index in [0.717, 1.165) is 60.2 Å². The van der Waals surface area contributed by atoms with Gasteiger partial charge in [0.1, 0.15) is 5.82 Å². The summed E-state index contributed by atoms with van der Waals surface area (Å²) in [5.41, 5.74) is 5.85. The van der Waals surface area contributed by atoms with Crippen molar-refractivity contribution in [3.05, 3.63) is 69.2 Å². The third-order valence-electron chi connectivity index (χ3n) is 5.70. The van der Waals surface area contributed by atoms with E-state index in [1.54, 1.807) is 6.20 Å². The van der Waals surface area contributed by atoms with Crippen LogP contribution in [0, 0.1) is 0 Å². The highest BCUT2D eigenvalue weighted by molar-refractivity contribution is 6.33. The third-order valence-corrected chi connectivity index (χ3v) is 6.24. The summed E-state index contributed by atoms with van der Waals surface area (Å²) in [5, 5.41) is 1.46. The molecule has 1 aliphatic heterocycles. The molecule has 0 saturated carbocycles. The van der Waals surface area contributed by atoms with Crippen molar-refractivity contribution in [1.29, 1.82) is 0 Å². The van der Waals surface area contributed by atoms with Crippen LogP contribution in [0.5, 0.6) is 0 Å². The van der Waals surface area contributed by atoms with Gasteiger partial charge in [-0.1, -0.05) is 35.3 Å². The van der Waals surface area contributed by atoms with Crippen LogP contribution in [0.15, 0.2) is 36.5 Å². The molecule has 3 aromatic rings. The molecule has 5 rings (SSSR count). The molecular formula is C21H20Cl2N4. The molecule has 0 spiro atoms. The summed E-state index contributed by atoms with van der Waals surface area (Å²) in [6, 6.07) is 10.5. The zero-order chi connectivity index (χ0) is 18.4. The van der Waals surface area contributed by atoms with Crippen molar-refractivity contribution in [1.82, 2.24) is 19.9 Å². The number of halogens is 2. The van der Waals surface area contributed by atoms with E-state index in [1.807, 2.05) is 24.3 Å². The lowest BCUT2D eigenvalue weighted by Gasteiger charge is -2.36. The molecule has 0 radical (unpaired) electrons. The molecule has 0 amide bonds. The zero-order valence-corrected chi connectivity index (χ0v) is 16.4. The summed E-state index contributed by atoms with van der Waals surface area (Å²) in [6.07, 6.45) is 5.91. The summed E-state index contributed by atoms with van der Waals surface area (Å²) in [7, 11) is 0. The van der Waals surface area contributed by atoms with Gasteiger partial charge in [0.15, 0.2) is 0 Å². The van der Waals surface area contributed by atoms with Crippen LogP contribution in [-0.2, 0) is 25.8 Å². The standard InChI is InChI=1S/C21H20Cl2N4/c22-14-9-13-10-15(5-6-18(13)24-11-14)27-8-7-19-20(12-27)26-21(25-19)16-3-1-2-4-17(16)23/h1-4,9,11,15H,5-8,10,12H2,(H,25,26). The molecule has 0 saturated heterocycles. The quantitative estimate of drug-likeness (QED) is 0.680. The molecular weight excluding hydrogens is 379 g/mol. The summed E-state index contributed by atoms with van der Waals surface area (Å²) >= 11 is 12.5. The molecule has 0 bridgehead atoms. The summed E-state index contributed by atoms with van der Waals surface area (Å²) in [5.74, 6) is 0.873. The fourth-order valence-electron chi connectivity index (χ4n) is 4.29. The molecule has 1 aliphatic carbocycles. The molecule has 6 heteroatoms. The number of aryl methyl sites for hydroxylation is 1. The van der Waals surface area contributed by atoms with Crippen LogP contribution in [0.3, 0.4) is 0 Å². The van der Waals surface area contributed by atoms with E-state index in [-0.39, 0.29) is 0 Å². The van der Waals surface area contributed by atoms with Crippen molar-refractivity contribution in [2.45, 2.75) is 38.3 Å². The van der Waals surface area contributed by atoms with E-state index in [1.165, 1.54) is 22.6 Å². The number of hydrogen-bond donors (Lipinski definition) is 1. The van der Waals surface area contributed by atoms with E-state index in [4.69, 9.17) is 28.2 Å². The Morgan fingerprint density at radius 3 is 2.89 bits per heavy atom. The van der Waals surface area contributed by atoms with E-state index in [9.17, 15) is 0 Å². The maximum absolute atomic E-state index is 6.35. The second kappa shape index (κ2) is 6.93. The Labute approximate surface area is 168 Å². The van der Waals surface area contributed by atoms with Gasteiger partial charge in [0.25, 0.3) is 0 Å². The lowest BCUT2D eigenvalue weighted by atomic mass is 9.90. The summed E-state index contributed by atoms with van der Waals surface area (Å²) in [4.78, 5) is 15.4. The van der Waals surface area contributed by atoms with E-state index >= 15 is 0 Å². The predicted octanol–water partition coefficient (Wildman–Crippen LogP) is 4.69. The van der Waals surface area contributed by atoms with Crippen molar-refractivity contribution in [3.63, 3.8) is 0 Å². The molecule has 138 valence electrons. The first-order valence-corrected chi connectivity index (χ1v) is 10.1. The molecule has 1 aromatic carbocycles. The van der Waals surface area contributed by atoms with E-state index in [2.05, 4.69) is 20.9 Å². The number of H-pyrrole nitrogens is 1. The molecule has 27 heavy (non-hydrogen) atoms. The first kappa shape index (κ1) is 17.2. The van der Waals surface area contributed by atoms with Gasteiger partial charge >= 0.3 is 0 Å². The molecule has 4 nitrogen and oxygen atoms in total. The largest absolute Gasteiger partial charge is 0.340 e. The van der Waals surface area contributed by atoms with Crippen LogP contribution < -0.4 is 0 Å². The predicted molar refractivity (Wildman–Crippen MR) is 108 cm³/mol. The van der Waals surface area contributed by atoms with Gasteiger partial charge in [-0.3, -0.25) is 9.88 Å². The van der Waals surface area contributed by atoms with Crippen molar-refractivity contribution in [2.75, 3.05) is 6.54 Å². The van der Waals surface area contributed by atoms with Crippen molar-refractivity contribution >= 4 is 23.2 Å². The fraction of sp³-hybridized carbons (Fsp3) is 0.333. The van der Waals surface area contributed by atoms with Gasteiger partial charge < -0.3 is 4.98 Å². The molecule has 1 N–H and O–H groups in total. The lowest BCUT2D eigenvalue weighted by Crippen LogP contribution is -2.42. The van der Waals surface area contributed by atoms with Gasteiger partial charge in [-0.25, -0.2) is 4.98 Å². The lowest BCUT2D eigenvalue weighted by molar-refractivity contribution is 0.160. The maximum Gasteiger partial charge on any atom is 0.139 e. The van der Waals surface area contributed by atoms with Crippen LogP contribution in [0.2, 0.25) is 10.0 Å². The van der Waals surface area contributed by atoms with E-state index in [0.29, 0.717) is 6.04 Å². The smallest absolute Gasteiger partial charge is 0.139 e. The third kappa shape index (κ3) is 3.27. The SMILES string of the molecule is Clc1cnc2c(c1)CC(N1CCc3nc(-c4ccccc4Cl)[nH]c3C1)CC2. The first-order valence-electron chi connectivity index (χ1n) is 9.37. The van der Waals surface area contributed by atoms with Crippen LogP contribution in [-0.4, -0.2) is 32.4 Å². The highest BCUT2D eigenvalue weighted by Crippen LogP contribution is 2.31. The van der Waals surface area contributed by atoms with Gasteiger partial charge in [-0.15, -0.1) is 0 Å². The Morgan fingerprint density at radius 2 is 2.00 bits per heavy atom. The number of hydrogen-bond acceptors (Lipinski definition) is 3. The Balaban J connectivity index is 1.37. The average molecular weight is 399 g/mol. The minimum atomic E-state index is 0.526. The Morgan fingerprint density at radius 1 is 1.11 bits per heavy atom. The Kier molecular flexibility index (Phi) is 4.43. The highest BCUT2D eigenvalue weighted by atomic mass is 35.5. The van der Waals surface area contributed by atoms with Gasteiger partial charge in [0, 0.05) is 43.0 Å². The first-order chi connectivity index (χ1) is 13.2. The van der Waals surface area contributed by atoms with Gasteiger partial charge in [-0.05, 0) is 43.0 Å². The Bertz CT molecular complexity index is 998. The zero-order valence-electron chi connectivity index (χ0n) is 14.9. The number of rotatable bonds is 2. The minimum Gasteiger partial charge on any atom is -0.340 e. The maximum atomic E-state index is 6.35. The number of aromatic nitrogens is 3. The number of nitrogens with one attached hydrogen (secondary N) is 1. The number of aromatic amines is 1. The van der Waals surface area contributed by atoms with Crippen molar-refractivity contribution in [2.24, 2.45) is 0 Å². The summed E-state index contributed by atoms with van der Waals surface area (Å²) in [6.45, 7) is 1.94.